The summed E-state index contributed by atoms with van der Waals surface area (Å²) in [6, 6.07) is 16.1. The number of nitrogens with one attached hydrogen (secondary N) is 1. The summed E-state index contributed by atoms with van der Waals surface area (Å²) in [5.74, 6) is -0.960. The molecule has 1 N–H and O–H groups in total. The van der Waals surface area contributed by atoms with Gasteiger partial charge in [-0.1, -0.05) is 60.4 Å². The number of thioether (sulfide) groups is 1. The van der Waals surface area contributed by atoms with Crippen LogP contribution < -0.4 is 10.2 Å². The van der Waals surface area contributed by atoms with Crippen molar-refractivity contribution in [1.82, 2.24) is 4.90 Å². The number of benzene rings is 2. The van der Waals surface area contributed by atoms with Gasteiger partial charge in [0, 0.05) is 17.3 Å². The van der Waals surface area contributed by atoms with Crippen LogP contribution in [0.25, 0.3) is 5.57 Å². The maximum absolute atomic E-state index is 13.3. The summed E-state index contributed by atoms with van der Waals surface area (Å²) in [5.41, 5.74) is 2.20. The number of hydrogen-bond acceptors (Lipinski definition) is 5. The van der Waals surface area contributed by atoms with Gasteiger partial charge in [-0.05, 0) is 32.0 Å². The standard InChI is InChI=1S/C22H19N3O3S2/c1-13(2)25-21(28)19(30-22(25)29)18-15-10-6-7-11-16(15)24(20(18)27)12-17(26)23-14-8-4-3-5-9-14/h3-11,13H,12H2,1-2H3,(H,23,26)/b19-18-. The molecule has 2 heterocycles. The molecule has 2 aromatic carbocycles. The van der Waals surface area contributed by atoms with E-state index in [0.717, 1.165) is 11.8 Å². The van der Waals surface area contributed by atoms with Crippen molar-refractivity contribution in [2.24, 2.45) is 0 Å². The highest BCUT2D eigenvalue weighted by molar-refractivity contribution is 8.26. The van der Waals surface area contributed by atoms with Gasteiger partial charge in [-0.15, -0.1) is 0 Å². The predicted octanol–water partition coefficient (Wildman–Crippen LogP) is 3.65. The molecule has 1 saturated heterocycles. The van der Waals surface area contributed by atoms with Crippen LogP contribution in [0.3, 0.4) is 0 Å². The van der Waals surface area contributed by atoms with Gasteiger partial charge in [-0.25, -0.2) is 0 Å². The first kappa shape index (κ1) is 20.3. The Kier molecular flexibility index (Phi) is 5.44. The number of carbonyl (C=O) groups excluding carboxylic acids is 3. The molecule has 1 fully saturated rings. The van der Waals surface area contributed by atoms with Crippen LogP contribution >= 0.6 is 24.0 Å². The zero-order valence-corrected chi connectivity index (χ0v) is 18.0. The minimum atomic E-state index is -0.372. The third-order valence-corrected chi connectivity index (χ3v) is 6.23. The van der Waals surface area contributed by atoms with Gasteiger partial charge < -0.3 is 5.32 Å². The van der Waals surface area contributed by atoms with Gasteiger partial charge in [-0.2, -0.15) is 0 Å². The lowest BCUT2D eigenvalue weighted by Gasteiger charge is -2.18. The fourth-order valence-corrected chi connectivity index (χ4v) is 5.09. The molecule has 6 nitrogen and oxygen atoms in total. The first-order valence-corrected chi connectivity index (χ1v) is 10.7. The maximum atomic E-state index is 13.3. The second kappa shape index (κ2) is 8.04. The van der Waals surface area contributed by atoms with Crippen molar-refractivity contribution in [1.29, 1.82) is 0 Å². The van der Waals surface area contributed by atoms with E-state index in [4.69, 9.17) is 12.2 Å². The molecule has 0 aliphatic carbocycles. The minimum absolute atomic E-state index is 0.102. The van der Waals surface area contributed by atoms with Gasteiger partial charge in [0.05, 0.1) is 16.2 Å². The maximum Gasteiger partial charge on any atom is 0.267 e. The number of hydrogen-bond donors (Lipinski definition) is 1. The van der Waals surface area contributed by atoms with Gasteiger partial charge in [-0.3, -0.25) is 24.2 Å². The summed E-state index contributed by atoms with van der Waals surface area (Å²) >= 11 is 6.50. The van der Waals surface area contributed by atoms with Crippen molar-refractivity contribution in [3.8, 4) is 0 Å². The Hall–Kier alpha value is -2.97. The zero-order valence-electron chi connectivity index (χ0n) is 16.4. The summed E-state index contributed by atoms with van der Waals surface area (Å²) in [5, 5.41) is 2.79. The topological polar surface area (TPSA) is 69.7 Å². The summed E-state index contributed by atoms with van der Waals surface area (Å²) in [4.78, 5) is 42.1. The van der Waals surface area contributed by atoms with E-state index in [2.05, 4.69) is 5.32 Å². The Morgan fingerprint density at radius 3 is 2.37 bits per heavy atom. The van der Waals surface area contributed by atoms with Crippen LogP contribution in [-0.4, -0.2) is 39.5 Å². The molecule has 0 aromatic heterocycles. The molecule has 2 aromatic rings. The Labute approximate surface area is 183 Å². The normalized spacial score (nSPS) is 18.4. The summed E-state index contributed by atoms with van der Waals surface area (Å²) in [6.45, 7) is 3.60. The summed E-state index contributed by atoms with van der Waals surface area (Å²) in [6.07, 6.45) is 0. The van der Waals surface area contributed by atoms with Crippen LogP contribution in [0.1, 0.15) is 19.4 Å². The zero-order chi connectivity index (χ0) is 21.4. The molecule has 2 aliphatic rings. The van der Waals surface area contributed by atoms with Crippen LogP contribution in [0.4, 0.5) is 11.4 Å². The van der Waals surface area contributed by atoms with Gasteiger partial charge in [0.15, 0.2) is 0 Å². The van der Waals surface area contributed by atoms with Crippen molar-refractivity contribution in [2.75, 3.05) is 16.8 Å². The molecular weight excluding hydrogens is 418 g/mol. The second-order valence-electron chi connectivity index (χ2n) is 7.16. The van der Waals surface area contributed by atoms with Crippen molar-refractivity contribution >= 4 is 63.0 Å². The molecule has 0 saturated carbocycles. The van der Waals surface area contributed by atoms with Crippen LogP contribution in [-0.2, 0) is 14.4 Å². The monoisotopic (exact) mass is 437 g/mol. The lowest BCUT2D eigenvalue weighted by molar-refractivity contribution is -0.123. The number of fused-ring (bicyclic) bond motifs is 1. The van der Waals surface area contributed by atoms with E-state index >= 15 is 0 Å². The SMILES string of the molecule is CC(C)N1C(=O)/C(=C2/C(=O)N(CC(=O)Nc3ccccc3)c3ccccc32)SC1=S. The van der Waals surface area contributed by atoms with E-state index in [0.29, 0.717) is 31.7 Å². The molecule has 0 spiro atoms. The van der Waals surface area contributed by atoms with Crippen molar-refractivity contribution in [3.05, 3.63) is 65.1 Å². The van der Waals surface area contributed by atoms with Crippen molar-refractivity contribution < 1.29 is 14.4 Å². The van der Waals surface area contributed by atoms with Gasteiger partial charge in [0.2, 0.25) is 5.91 Å². The summed E-state index contributed by atoms with van der Waals surface area (Å²) < 4.78 is 0.433. The van der Waals surface area contributed by atoms with Crippen LogP contribution in [0.2, 0.25) is 0 Å². The van der Waals surface area contributed by atoms with E-state index in [-0.39, 0.29) is 30.3 Å². The average molecular weight is 438 g/mol. The number of amides is 3. The van der Waals surface area contributed by atoms with E-state index in [1.165, 1.54) is 9.80 Å². The largest absolute Gasteiger partial charge is 0.325 e. The number of thiocarbonyl (C=S) groups is 1. The van der Waals surface area contributed by atoms with Crippen LogP contribution in [0.5, 0.6) is 0 Å². The van der Waals surface area contributed by atoms with Crippen LogP contribution in [0.15, 0.2) is 59.5 Å². The van der Waals surface area contributed by atoms with Crippen LogP contribution in [0, 0.1) is 0 Å². The minimum Gasteiger partial charge on any atom is -0.325 e. The van der Waals surface area contributed by atoms with Crippen molar-refractivity contribution in [2.45, 2.75) is 19.9 Å². The Bertz CT molecular complexity index is 1100. The van der Waals surface area contributed by atoms with Crippen molar-refractivity contribution in [3.63, 3.8) is 0 Å². The molecule has 4 rings (SSSR count). The quantitative estimate of drug-likeness (QED) is 0.584. The fraction of sp³-hybridized carbons (Fsp3) is 0.182. The predicted molar refractivity (Wildman–Crippen MR) is 123 cm³/mol. The second-order valence-corrected chi connectivity index (χ2v) is 8.81. The third kappa shape index (κ3) is 3.53. The first-order chi connectivity index (χ1) is 14.4. The lowest BCUT2D eigenvalue weighted by Crippen LogP contribution is -2.36. The fourth-order valence-electron chi connectivity index (χ4n) is 3.50. The van der Waals surface area contributed by atoms with Gasteiger partial charge in [0.1, 0.15) is 10.9 Å². The molecule has 3 amide bonds. The third-order valence-electron chi connectivity index (χ3n) is 4.83. The Morgan fingerprint density at radius 1 is 1.03 bits per heavy atom. The highest BCUT2D eigenvalue weighted by Crippen LogP contribution is 2.44. The average Bonchev–Trinajstić information content (AvgIpc) is 3.15. The van der Waals surface area contributed by atoms with Gasteiger partial charge >= 0.3 is 0 Å². The molecule has 0 radical (unpaired) electrons. The molecule has 8 heteroatoms. The highest BCUT2D eigenvalue weighted by atomic mass is 32.2. The number of carbonyl (C=O) groups is 3. The highest BCUT2D eigenvalue weighted by Gasteiger charge is 2.43. The van der Waals surface area contributed by atoms with E-state index in [9.17, 15) is 14.4 Å². The smallest absolute Gasteiger partial charge is 0.267 e. The molecule has 30 heavy (non-hydrogen) atoms. The number of anilines is 2. The Morgan fingerprint density at radius 2 is 1.70 bits per heavy atom. The van der Waals surface area contributed by atoms with E-state index in [1.807, 2.05) is 38.1 Å². The molecule has 0 unspecified atom stereocenters. The lowest BCUT2D eigenvalue weighted by atomic mass is 10.1. The molecular formula is C22H19N3O3S2. The molecule has 2 aliphatic heterocycles. The number of rotatable bonds is 4. The molecule has 0 bridgehead atoms. The van der Waals surface area contributed by atoms with E-state index in [1.54, 1.807) is 30.3 Å². The van der Waals surface area contributed by atoms with Gasteiger partial charge in [0.25, 0.3) is 11.8 Å². The summed E-state index contributed by atoms with van der Waals surface area (Å²) in [7, 11) is 0. The number of nitrogens with zero attached hydrogens (tertiary/aromatic N) is 2. The molecule has 152 valence electrons. The molecule has 0 atom stereocenters. The number of para-hydroxylation sites is 2. The Balaban J connectivity index is 1.68. The first-order valence-electron chi connectivity index (χ1n) is 9.44. The van der Waals surface area contributed by atoms with E-state index < -0.39 is 0 Å².